The summed E-state index contributed by atoms with van der Waals surface area (Å²) in [5, 5.41) is 0. The summed E-state index contributed by atoms with van der Waals surface area (Å²) in [6.45, 7) is 8.64. The van der Waals surface area contributed by atoms with E-state index in [2.05, 4.69) is 37.5 Å². The van der Waals surface area contributed by atoms with Crippen LogP contribution in [-0.4, -0.2) is 49.9 Å². The molecule has 0 bridgehead atoms. The zero-order valence-corrected chi connectivity index (χ0v) is 11.0. The lowest BCUT2D eigenvalue weighted by atomic mass is 9.95. The SMILES string of the molecule is CC(C)C(C)(C)OC(N(C)C)N(C)C. The molecule has 0 aromatic rings. The van der Waals surface area contributed by atoms with Crippen LogP contribution in [0.2, 0.25) is 0 Å². The molecule has 86 valence electrons. The molecular weight excluding hydrogens is 176 g/mol. The minimum atomic E-state index is -0.0980. The first-order valence-electron chi connectivity index (χ1n) is 5.19. The fourth-order valence-electron chi connectivity index (χ4n) is 1.08. The van der Waals surface area contributed by atoms with Crippen LogP contribution in [0.15, 0.2) is 0 Å². The molecule has 0 aromatic heterocycles. The molecule has 0 atom stereocenters. The Morgan fingerprint density at radius 2 is 1.29 bits per heavy atom. The molecule has 0 spiro atoms. The van der Waals surface area contributed by atoms with Crippen LogP contribution in [0, 0.1) is 5.92 Å². The van der Waals surface area contributed by atoms with Crippen molar-refractivity contribution in [3.05, 3.63) is 0 Å². The van der Waals surface area contributed by atoms with Crippen molar-refractivity contribution in [1.82, 2.24) is 9.80 Å². The average Bonchev–Trinajstić information content (AvgIpc) is 1.98. The van der Waals surface area contributed by atoms with Gasteiger partial charge in [0.15, 0.2) is 6.35 Å². The molecule has 0 aliphatic carbocycles. The lowest BCUT2D eigenvalue weighted by molar-refractivity contribution is -0.199. The first kappa shape index (κ1) is 13.9. The molecule has 0 saturated heterocycles. The monoisotopic (exact) mass is 202 g/mol. The third-order valence-corrected chi connectivity index (χ3v) is 2.68. The van der Waals surface area contributed by atoms with Crippen molar-refractivity contribution in [2.24, 2.45) is 5.92 Å². The third kappa shape index (κ3) is 3.95. The number of hydrogen-bond donors (Lipinski definition) is 0. The summed E-state index contributed by atoms with van der Waals surface area (Å²) in [6, 6.07) is 0. The van der Waals surface area contributed by atoms with Gasteiger partial charge in [-0.05, 0) is 48.0 Å². The van der Waals surface area contributed by atoms with Gasteiger partial charge in [-0.2, -0.15) is 0 Å². The molecule has 0 aliphatic heterocycles. The summed E-state index contributed by atoms with van der Waals surface area (Å²) in [7, 11) is 8.12. The lowest BCUT2D eigenvalue weighted by Gasteiger charge is -2.39. The number of ether oxygens (including phenoxy) is 1. The molecule has 14 heavy (non-hydrogen) atoms. The molecule has 0 aromatic carbocycles. The Kier molecular flexibility index (Phi) is 5.06. The largest absolute Gasteiger partial charge is 0.343 e. The van der Waals surface area contributed by atoms with Crippen molar-refractivity contribution in [2.45, 2.75) is 39.6 Å². The highest BCUT2D eigenvalue weighted by molar-refractivity contribution is 4.74. The number of hydrogen-bond acceptors (Lipinski definition) is 3. The first-order valence-corrected chi connectivity index (χ1v) is 5.19. The van der Waals surface area contributed by atoms with Crippen molar-refractivity contribution in [3.8, 4) is 0 Å². The smallest absolute Gasteiger partial charge is 0.168 e. The van der Waals surface area contributed by atoms with E-state index in [-0.39, 0.29) is 12.0 Å². The Hall–Kier alpha value is -0.120. The highest BCUT2D eigenvalue weighted by atomic mass is 16.5. The van der Waals surface area contributed by atoms with Crippen molar-refractivity contribution in [1.29, 1.82) is 0 Å². The van der Waals surface area contributed by atoms with E-state index in [0.29, 0.717) is 5.92 Å². The summed E-state index contributed by atoms with van der Waals surface area (Å²) in [4.78, 5) is 4.15. The zero-order valence-electron chi connectivity index (χ0n) is 11.0. The molecule has 0 saturated carbocycles. The van der Waals surface area contributed by atoms with Gasteiger partial charge in [-0.15, -0.1) is 0 Å². The summed E-state index contributed by atoms with van der Waals surface area (Å²) in [5.74, 6) is 0.505. The topological polar surface area (TPSA) is 15.7 Å². The van der Waals surface area contributed by atoms with Gasteiger partial charge in [-0.25, -0.2) is 0 Å². The van der Waals surface area contributed by atoms with Crippen LogP contribution in [0.25, 0.3) is 0 Å². The van der Waals surface area contributed by atoms with Gasteiger partial charge in [-0.1, -0.05) is 13.8 Å². The van der Waals surface area contributed by atoms with Gasteiger partial charge in [-0.3, -0.25) is 9.80 Å². The van der Waals surface area contributed by atoms with E-state index in [4.69, 9.17) is 4.74 Å². The highest BCUT2D eigenvalue weighted by Gasteiger charge is 2.29. The van der Waals surface area contributed by atoms with Crippen LogP contribution in [0.3, 0.4) is 0 Å². The minimum Gasteiger partial charge on any atom is -0.343 e. The Labute approximate surface area is 89.0 Å². The van der Waals surface area contributed by atoms with Crippen molar-refractivity contribution in [2.75, 3.05) is 28.2 Å². The van der Waals surface area contributed by atoms with Crippen LogP contribution in [-0.2, 0) is 4.74 Å². The summed E-state index contributed by atoms with van der Waals surface area (Å²) >= 11 is 0. The molecule has 0 rings (SSSR count). The van der Waals surface area contributed by atoms with Crippen LogP contribution in [0.5, 0.6) is 0 Å². The maximum Gasteiger partial charge on any atom is 0.168 e. The normalized spacial score (nSPS) is 13.7. The first-order chi connectivity index (χ1) is 6.18. The van der Waals surface area contributed by atoms with E-state index < -0.39 is 0 Å². The highest BCUT2D eigenvalue weighted by Crippen LogP contribution is 2.23. The van der Waals surface area contributed by atoms with Crippen molar-refractivity contribution < 1.29 is 4.74 Å². The van der Waals surface area contributed by atoms with Crippen molar-refractivity contribution >= 4 is 0 Å². The molecule has 0 aliphatic rings. The molecule has 3 nitrogen and oxygen atoms in total. The summed E-state index contributed by atoms with van der Waals surface area (Å²) in [6.07, 6.45) is 0.0346. The maximum absolute atomic E-state index is 6.07. The van der Waals surface area contributed by atoms with Crippen LogP contribution < -0.4 is 0 Å². The Morgan fingerprint density at radius 1 is 0.929 bits per heavy atom. The molecular formula is C11H26N2O. The lowest BCUT2D eigenvalue weighted by Crippen LogP contribution is -2.49. The molecule has 0 heterocycles. The fraction of sp³-hybridized carbons (Fsp3) is 1.00. The number of rotatable bonds is 5. The van der Waals surface area contributed by atoms with Gasteiger partial charge in [0.25, 0.3) is 0 Å². The van der Waals surface area contributed by atoms with E-state index in [1.807, 2.05) is 28.2 Å². The van der Waals surface area contributed by atoms with E-state index in [1.165, 1.54) is 0 Å². The average molecular weight is 202 g/mol. The molecule has 0 N–H and O–H groups in total. The molecule has 0 amide bonds. The van der Waals surface area contributed by atoms with Gasteiger partial charge < -0.3 is 4.74 Å². The van der Waals surface area contributed by atoms with Crippen LogP contribution in [0.1, 0.15) is 27.7 Å². The van der Waals surface area contributed by atoms with Crippen LogP contribution in [0.4, 0.5) is 0 Å². The van der Waals surface area contributed by atoms with Crippen molar-refractivity contribution in [3.63, 3.8) is 0 Å². The van der Waals surface area contributed by atoms with Gasteiger partial charge in [0.05, 0.1) is 5.60 Å². The summed E-state index contributed by atoms with van der Waals surface area (Å²) in [5.41, 5.74) is -0.0980. The molecule has 3 heteroatoms. The van der Waals surface area contributed by atoms with E-state index in [0.717, 1.165) is 0 Å². The second-order valence-electron chi connectivity index (χ2n) is 5.13. The number of nitrogens with zero attached hydrogens (tertiary/aromatic N) is 2. The fourth-order valence-corrected chi connectivity index (χ4v) is 1.08. The van der Waals surface area contributed by atoms with Gasteiger partial charge in [0, 0.05) is 0 Å². The predicted octanol–water partition coefficient (Wildman–Crippen LogP) is 1.84. The Balaban J connectivity index is 4.44. The second kappa shape index (κ2) is 5.10. The van der Waals surface area contributed by atoms with E-state index in [9.17, 15) is 0 Å². The molecule has 0 radical (unpaired) electrons. The van der Waals surface area contributed by atoms with Gasteiger partial charge in [0.2, 0.25) is 0 Å². The standard InChI is InChI=1S/C11H26N2O/c1-9(2)11(3,4)14-10(12(5)6)13(7)8/h9-10H,1-8H3. The van der Waals surface area contributed by atoms with E-state index in [1.54, 1.807) is 0 Å². The van der Waals surface area contributed by atoms with Gasteiger partial charge >= 0.3 is 0 Å². The van der Waals surface area contributed by atoms with Crippen LogP contribution >= 0.6 is 0 Å². The summed E-state index contributed by atoms with van der Waals surface area (Å²) < 4.78 is 6.07. The predicted molar refractivity (Wildman–Crippen MR) is 61.2 cm³/mol. The zero-order chi connectivity index (χ0) is 11.5. The quantitative estimate of drug-likeness (QED) is 0.633. The molecule has 0 unspecified atom stereocenters. The Bertz CT molecular complexity index is 157. The third-order valence-electron chi connectivity index (χ3n) is 2.68. The minimum absolute atomic E-state index is 0.0346. The second-order valence-corrected chi connectivity index (χ2v) is 5.13. The maximum atomic E-state index is 6.07. The van der Waals surface area contributed by atoms with Gasteiger partial charge in [0.1, 0.15) is 0 Å². The Morgan fingerprint density at radius 3 is 1.50 bits per heavy atom. The van der Waals surface area contributed by atoms with E-state index >= 15 is 0 Å². The molecule has 0 fully saturated rings.